The van der Waals surface area contributed by atoms with Gasteiger partial charge in [-0.25, -0.2) is 8.78 Å². The third-order valence-electron chi connectivity index (χ3n) is 5.41. The number of thioether (sulfide) groups is 1. The number of carbonyl (C=O) groups excluding carboxylic acids is 1. The molecule has 0 radical (unpaired) electrons. The Kier molecular flexibility index (Phi) is 6.68. The van der Waals surface area contributed by atoms with Crippen LogP contribution in [-0.2, 0) is 4.79 Å². The van der Waals surface area contributed by atoms with E-state index in [-0.39, 0.29) is 11.4 Å². The second kappa shape index (κ2) is 10.2. The first-order valence-electron chi connectivity index (χ1n) is 11.2. The number of hydrogen-bond acceptors (Lipinski definition) is 5. The van der Waals surface area contributed by atoms with Gasteiger partial charge in [-0.05, 0) is 49.4 Å². The number of ether oxygens (including phenoxy) is 1. The molecule has 5 rings (SSSR count). The van der Waals surface area contributed by atoms with Crippen molar-refractivity contribution in [3.63, 3.8) is 0 Å². The summed E-state index contributed by atoms with van der Waals surface area (Å²) in [5.74, 6) is -0.733. The summed E-state index contributed by atoms with van der Waals surface area (Å²) in [6.07, 6.45) is 1.87. The summed E-state index contributed by atoms with van der Waals surface area (Å²) >= 11 is 1.16. The van der Waals surface area contributed by atoms with Gasteiger partial charge in [0.2, 0.25) is 5.91 Å². The maximum Gasteiger partial charge on any atom is 0.234 e. The summed E-state index contributed by atoms with van der Waals surface area (Å²) in [6.45, 7) is 2.47. The minimum Gasteiger partial charge on any atom is -0.494 e. The lowest BCUT2D eigenvalue weighted by Gasteiger charge is -2.11. The molecule has 1 amide bonds. The quantitative estimate of drug-likeness (QED) is 0.260. The van der Waals surface area contributed by atoms with Crippen LogP contribution in [-0.4, -0.2) is 38.0 Å². The molecule has 0 aliphatic rings. The molecule has 0 atom stereocenters. The van der Waals surface area contributed by atoms with Gasteiger partial charge in [-0.3, -0.25) is 9.36 Å². The number of rotatable bonds is 8. The van der Waals surface area contributed by atoms with Crippen molar-refractivity contribution in [1.82, 2.24) is 19.7 Å². The van der Waals surface area contributed by atoms with Gasteiger partial charge >= 0.3 is 0 Å². The first-order valence-corrected chi connectivity index (χ1v) is 12.1. The van der Waals surface area contributed by atoms with E-state index in [1.54, 1.807) is 0 Å². The lowest BCUT2D eigenvalue weighted by Crippen LogP contribution is -2.15. The molecule has 10 heteroatoms. The number of H-pyrrole nitrogens is 1. The summed E-state index contributed by atoms with van der Waals surface area (Å²) in [7, 11) is 0. The molecule has 5 aromatic rings. The number of benzene rings is 3. The number of para-hydroxylation sites is 1. The Hall–Kier alpha value is -4.18. The highest BCUT2D eigenvalue weighted by atomic mass is 32.2. The predicted octanol–water partition coefficient (Wildman–Crippen LogP) is 5.82. The molecule has 182 valence electrons. The lowest BCUT2D eigenvalue weighted by atomic mass is 10.1. The average Bonchev–Trinajstić information content (AvgIpc) is 3.49. The number of carbonyl (C=O) groups is 1. The molecular formula is C26H21F2N5O2S. The van der Waals surface area contributed by atoms with Crippen molar-refractivity contribution in [3.8, 4) is 22.8 Å². The molecule has 2 heterocycles. The zero-order valence-corrected chi connectivity index (χ0v) is 20.0. The minimum atomic E-state index is -0.840. The number of amides is 1. The summed E-state index contributed by atoms with van der Waals surface area (Å²) < 4.78 is 34.5. The number of aromatic amines is 1. The lowest BCUT2D eigenvalue weighted by molar-refractivity contribution is -0.113. The second-order valence-corrected chi connectivity index (χ2v) is 8.72. The number of fused-ring (bicyclic) bond motifs is 1. The molecule has 0 saturated carbocycles. The molecule has 0 saturated heterocycles. The molecule has 0 bridgehead atoms. The van der Waals surface area contributed by atoms with E-state index < -0.39 is 17.5 Å². The number of aromatic nitrogens is 4. The molecule has 0 unspecified atom stereocenters. The van der Waals surface area contributed by atoms with Crippen LogP contribution < -0.4 is 10.1 Å². The standard InChI is InChI=1S/C26H21F2N5O2S/c1-2-35-18-10-8-17(9-11-18)33-25(20-14-29-22-6-4-3-5-19(20)22)31-32-26(33)36-15-24(34)30-23-12-7-16(27)13-21(23)28/h3-14,29H,2,15H2,1H3,(H,30,34). The number of anilines is 1. The molecule has 0 spiro atoms. The average molecular weight is 506 g/mol. The van der Waals surface area contributed by atoms with E-state index in [1.165, 1.54) is 6.07 Å². The predicted molar refractivity (Wildman–Crippen MR) is 136 cm³/mol. The van der Waals surface area contributed by atoms with Crippen molar-refractivity contribution in [2.45, 2.75) is 12.1 Å². The van der Waals surface area contributed by atoms with Crippen LogP contribution >= 0.6 is 11.8 Å². The summed E-state index contributed by atoms with van der Waals surface area (Å²) in [6, 6.07) is 18.4. The fourth-order valence-corrected chi connectivity index (χ4v) is 4.54. The largest absolute Gasteiger partial charge is 0.494 e. The molecule has 3 aromatic carbocycles. The van der Waals surface area contributed by atoms with Crippen molar-refractivity contribution in [3.05, 3.63) is 84.6 Å². The van der Waals surface area contributed by atoms with Crippen LogP contribution in [0.4, 0.5) is 14.5 Å². The van der Waals surface area contributed by atoms with Gasteiger partial charge in [0.25, 0.3) is 0 Å². The van der Waals surface area contributed by atoms with E-state index in [9.17, 15) is 13.6 Å². The van der Waals surface area contributed by atoms with Gasteiger partial charge in [0.15, 0.2) is 11.0 Å². The van der Waals surface area contributed by atoms with Gasteiger partial charge in [0.1, 0.15) is 17.4 Å². The van der Waals surface area contributed by atoms with E-state index in [2.05, 4.69) is 20.5 Å². The monoisotopic (exact) mass is 505 g/mol. The fraction of sp³-hybridized carbons (Fsp3) is 0.115. The van der Waals surface area contributed by atoms with Crippen LogP contribution in [0.2, 0.25) is 0 Å². The Labute approximate surface area is 209 Å². The van der Waals surface area contributed by atoms with E-state index in [4.69, 9.17) is 4.74 Å². The van der Waals surface area contributed by atoms with E-state index >= 15 is 0 Å². The second-order valence-electron chi connectivity index (χ2n) is 7.78. The molecule has 2 N–H and O–H groups in total. The van der Waals surface area contributed by atoms with Crippen molar-refractivity contribution in [2.24, 2.45) is 0 Å². The third-order valence-corrected chi connectivity index (χ3v) is 6.34. The summed E-state index contributed by atoms with van der Waals surface area (Å²) in [5, 5.41) is 12.7. The topological polar surface area (TPSA) is 84.8 Å². The number of nitrogens with one attached hydrogen (secondary N) is 2. The fourth-order valence-electron chi connectivity index (χ4n) is 3.79. The van der Waals surface area contributed by atoms with Gasteiger partial charge in [0.05, 0.1) is 18.0 Å². The first-order chi connectivity index (χ1) is 17.5. The summed E-state index contributed by atoms with van der Waals surface area (Å²) in [4.78, 5) is 15.8. The normalized spacial score (nSPS) is 11.1. The zero-order valence-electron chi connectivity index (χ0n) is 19.2. The zero-order chi connectivity index (χ0) is 25.1. The minimum absolute atomic E-state index is 0.0557. The van der Waals surface area contributed by atoms with Crippen molar-refractivity contribution in [2.75, 3.05) is 17.7 Å². The highest BCUT2D eigenvalue weighted by Gasteiger charge is 2.20. The Balaban J connectivity index is 1.46. The van der Waals surface area contributed by atoms with Gasteiger partial charge < -0.3 is 15.0 Å². The van der Waals surface area contributed by atoms with Crippen LogP contribution in [0.15, 0.2) is 78.1 Å². The smallest absolute Gasteiger partial charge is 0.234 e. The maximum absolute atomic E-state index is 13.9. The molecule has 2 aromatic heterocycles. The van der Waals surface area contributed by atoms with Crippen LogP contribution in [0.5, 0.6) is 5.75 Å². The van der Waals surface area contributed by atoms with Crippen molar-refractivity contribution >= 4 is 34.3 Å². The Morgan fingerprint density at radius 1 is 1.08 bits per heavy atom. The van der Waals surface area contributed by atoms with Crippen LogP contribution in [0.3, 0.4) is 0 Å². The van der Waals surface area contributed by atoms with Crippen molar-refractivity contribution in [1.29, 1.82) is 0 Å². The maximum atomic E-state index is 13.9. The molecule has 0 fully saturated rings. The van der Waals surface area contributed by atoms with E-state index in [0.717, 1.165) is 51.8 Å². The highest BCUT2D eigenvalue weighted by Crippen LogP contribution is 2.33. The molecule has 36 heavy (non-hydrogen) atoms. The van der Waals surface area contributed by atoms with Crippen LogP contribution in [0.1, 0.15) is 6.92 Å². The van der Waals surface area contributed by atoms with Gasteiger partial charge in [-0.15, -0.1) is 10.2 Å². The molecule has 0 aliphatic heterocycles. The van der Waals surface area contributed by atoms with E-state index in [1.807, 2.05) is 66.2 Å². The molecule has 0 aliphatic carbocycles. The van der Waals surface area contributed by atoms with E-state index in [0.29, 0.717) is 17.6 Å². The Bertz CT molecular complexity index is 1530. The first kappa shape index (κ1) is 23.6. The third kappa shape index (κ3) is 4.80. The van der Waals surface area contributed by atoms with Gasteiger partial charge in [-0.1, -0.05) is 30.0 Å². The Morgan fingerprint density at radius 3 is 2.67 bits per heavy atom. The number of halogens is 2. The Morgan fingerprint density at radius 2 is 1.89 bits per heavy atom. The van der Waals surface area contributed by atoms with Gasteiger partial charge in [0, 0.05) is 34.4 Å². The highest BCUT2D eigenvalue weighted by molar-refractivity contribution is 7.99. The number of nitrogens with zero attached hydrogens (tertiary/aromatic N) is 3. The van der Waals surface area contributed by atoms with Crippen LogP contribution in [0, 0.1) is 11.6 Å². The van der Waals surface area contributed by atoms with Crippen molar-refractivity contribution < 1.29 is 18.3 Å². The summed E-state index contributed by atoms with van der Waals surface area (Å²) in [5.41, 5.74) is 2.52. The SMILES string of the molecule is CCOc1ccc(-n2c(SCC(=O)Nc3ccc(F)cc3F)nnc2-c2c[nH]c3ccccc23)cc1. The number of hydrogen-bond donors (Lipinski definition) is 2. The molecule has 7 nitrogen and oxygen atoms in total. The van der Waals surface area contributed by atoms with Crippen LogP contribution in [0.25, 0.3) is 28.0 Å². The molecular weight excluding hydrogens is 484 g/mol. The van der Waals surface area contributed by atoms with Gasteiger partial charge in [-0.2, -0.15) is 0 Å².